The average Bonchev–Trinajstić information content (AvgIpc) is 2.67. The smallest absolute Gasteiger partial charge is 0.244 e. The lowest BCUT2D eigenvalue weighted by Crippen LogP contribution is -2.49. The number of rotatable bonds is 6. The van der Waals surface area contributed by atoms with Gasteiger partial charge in [0.15, 0.2) is 0 Å². The molecule has 4 nitrogen and oxygen atoms in total. The maximum Gasteiger partial charge on any atom is 0.244 e. The van der Waals surface area contributed by atoms with Crippen molar-refractivity contribution >= 4 is 29.1 Å². The van der Waals surface area contributed by atoms with Crippen LogP contribution >= 0.6 is 23.2 Å². The monoisotopic (exact) mass is 407 g/mol. The minimum absolute atomic E-state index is 0. The van der Waals surface area contributed by atoms with Crippen LogP contribution < -0.4 is 5.32 Å². The Hall–Kier alpha value is -1.59. The van der Waals surface area contributed by atoms with Crippen LogP contribution in [0.3, 0.4) is 0 Å². The van der Waals surface area contributed by atoms with Crippen molar-refractivity contribution in [2.45, 2.75) is 12.5 Å². The Morgan fingerprint density at radius 2 is 1.78 bits per heavy atom. The molecule has 1 heterocycles. The molecule has 2 aromatic carbocycles. The number of nitrogens with zero attached hydrogens (tertiary/aromatic N) is 2. The number of likely N-dealkylation sites (N-methyl/N-ethyl adjacent to an activating group) is 1. The number of hydrogen-bond acceptors (Lipinski definition) is 3. The molecule has 1 atom stereocenters. The number of piperazine rings is 1. The van der Waals surface area contributed by atoms with E-state index >= 15 is 0 Å². The molecule has 3 rings (SSSR count). The molecule has 2 aromatic rings. The zero-order chi connectivity index (χ0) is 19.2. The van der Waals surface area contributed by atoms with E-state index in [0.29, 0.717) is 23.0 Å². The van der Waals surface area contributed by atoms with Crippen LogP contribution in [0, 0.1) is 0 Å². The van der Waals surface area contributed by atoms with Crippen molar-refractivity contribution in [3.05, 3.63) is 69.7 Å². The van der Waals surface area contributed by atoms with Gasteiger partial charge in [-0.15, -0.1) is 0 Å². The largest absolute Gasteiger partial charge is 0.344 e. The first-order chi connectivity index (χ1) is 13.0. The van der Waals surface area contributed by atoms with Gasteiger partial charge in [0.05, 0.1) is 0 Å². The van der Waals surface area contributed by atoms with Crippen molar-refractivity contribution < 1.29 is 6.22 Å². The summed E-state index contributed by atoms with van der Waals surface area (Å²) in [5, 5.41) is 4.59. The van der Waals surface area contributed by atoms with Gasteiger partial charge in [0.2, 0.25) is 5.91 Å². The zero-order valence-corrected chi connectivity index (χ0v) is 17.0. The van der Waals surface area contributed by atoms with Crippen LogP contribution in [0.4, 0.5) is 0 Å². The Morgan fingerprint density at radius 1 is 1.15 bits per heavy atom. The number of carbonyl (C=O) groups excluding carboxylic acids is 1. The summed E-state index contributed by atoms with van der Waals surface area (Å²) >= 11 is 12.2. The fourth-order valence-corrected chi connectivity index (χ4v) is 4.03. The van der Waals surface area contributed by atoms with Gasteiger partial charge in [-0.05, 0) is 35.7 Å². The van der Waals surface area contributed by atoms with Gasteiger partial charge in [-0.3, -0.25) is 9.69 Å². The summed E-state index contributed by atoms with van der Waals surface area (Å²) in [6.45, 7) is 4.15. The van der Waals surface area contributed by atoms with E-state index in [9.17, 15) is 4.79 Å². The number of amides is 1. The highest BCUT2D eigenvalue weighted by molar-refractivity contribution is 6.34. The Labute approximate surface area is 172 Å². The maximum absolute atomic E-state index is 13.3. The highest BCUT2D eigenvalue weighted by Gasteiger charge is 2.30. The van der Waals surface area contributed by atoms with E-state index in [2.05, 4.69) is 10.2 Å². The van der Waals surface area contributed by atoms with Gasteiger partial charge in [0.25, 0.3) is 0 Å². The first kappa shape index (κ1) is 20.2. The van der Waals surface area contributed by atoms with Crippen molar-refractivity contribution in [1.82, 2.24) is 15.1 Å². The molecule has 0 spiro atoms. The van der Waals surface area contributed by atoms with Crippen molar-refractivity contribution in [2.75, 3.05) is 39.8 Å². The molecule has 1 unspecified atom stereocenters. The Balaban J connectivity index is 0.00000280. The highest BCUT2D eigenvalue weighted by Crippen LogP contribution is 2.24. The number of benzene rings is 2. The topological polar surface area (TPSA) is 35.6 Å². The summed E-state index contributed by atoms with van der Waals surface area (Å²) < 4.78 is 0. The van der Waals surface area contributed by atoms with Crippen LogP contribution in [-0.2, 0) is 11.2 Å². The van der Waals surface area contributed by atoms with E-state index < -0.39 is 0 Å². The van der Waals surface area contributed by atoms with Gasteiger partial charge < -0.3 is 10.2 Å². The van der Waals surface area contributed by atoms with E-state index in [1.54, 1.807) is 6.07 Å². The first-order valence-corrected chi connectivity index (χ1v) is 10.00. The fraction of sp³-hybridized carbons (Fsp3) is 0.381. The van der Waals surface area contributed by atoms with Gasteiger partial charge in [0.1, 0.15) is 6.04 Å². The van der Waals surface area contributed by atoms with E-state index in [4.69, 9.17) is 23.2 Å². The van der Waals surface area contributed by atoms with Gasteiger partial charge in [-0.25, -0.2) is 0 Å². The van der Waals surface area contributed by atoms with Crippen molar-refractivity contribution in [3.63, 3.8) is 0 Å². The number of carbonyl (C=O) groups is 1. The van der Waals surface area contributed by atoms with E-state index in [-0.39, 0.29) is 13.4 Å². The summed E-state index contributed by atoms with van der Waals surface area (Å²) in [6.07, 6.45) is 0.714. The van der Waals surface area contributed by atoms with Gasteiger partial charge >= 0.3 is 0 Å². The first-order valence-electron chi connectivity index (χ1n) is 9.24. The lowest BCUT2D eigenvalue weighted by atomic mass is 10.0. The van der Waals surface area contributed by atoms with Crippen LogP contribution in [0.5, 0.6) is 0 Å². The van der Waals surface area contributed by atoms with E-state index in [0.717, 1.165) is 37.3 Å². The Kier molecular flexibility index (Phi) is 7.13. The second-order valence-electron chi connectivity index (χ2n) is 6.89. The Bertz CT molecular complexity index is 749. The molecule has 1 saturated heterocycles. The molecule has 0 aromatic heterocycles. The van der Waals surface area contributed by atoms with Crippen LogP contribution in [0.15, 0.2) is 48.5 Å². The molecule has 1 N–H and O–H groups in total. The second-order valence-corrected chi connectivity index (χ2v) is 7.76. The molecule has 1 aliphatic heterocycles. The number of nitrogens with one attached hydrogen (secondary N) is 1. The molecule has 6 heteroatoms. The lowest BCUT2D eigenvalue weighted by Gasteiger charge is -2.36. The third-order valence-corrected chi connectivity index (χ3v) is 5.34. The minimum Gasteiger partial charge on any atom is -0.344 e. The normalized spacial score (nSPS) is 16.1. The van der Waals surface area contributed by atoms with Crippen LogP contribution in [0.2, 0.25) is 10.0 Å². The summed E-state index contributed by atoms with van der Waals surface area (Å²) in [4.78, 5) is 17.4. The predicted octanol–water partition coefficient (Wildman–Crippen LogP) is 3.89. The molecule has 27 heavy (non-hydrogen) atoms. The lowest BCUT2D eigenvalue weighted by molar-refractivity contribution is -0.136. The fourth-order valence-electron chi connectivity index (χ4n) is 3.46. The van der Waals surface area contributed by atoms with Gasteiger partial charge in [-0.2, -0.15) is 0 Å². The van der Waals surface area contributed by atoms with Gasteiger partial charge in [0, 0.05) is 51.2 Å². The minimum atomic E-state index is -0.249. The van der Waals surface area contributed by atoms with Crippen LogP contribution in [0.25, 0.3) is 0 Å². The van der Waals surface area contributed by atoms with Crippen molar-refractivity contribution in [1.29, 1.82) is 0 Å². The van der Waals surface area contributed by atoms with E-state index in [1.165, 1.54) is 0 Å². The molecular weight excluding hydrogens is 381 g/mol. The standard InChI is InChI=1S/C21H25Cl2N3O.H2/c1-25(10-7-16-13-18(22)15-19(23)14-16)21(27)20(17-5-3-2-4-6-17)26-11-8-24-9-12-26;/h2-6,13-15,20,24H,7-12H2,1H3;1H. The summed E-state index contributed by atoms with van der Waals surface area (Å²) in [7, 11) is 1.87. The van der Waals surface area contributed by atoms with Crippen molar-refractivity contribution in [3.8, 4) is 0 Å². The molecular formula is C21H27Cl2N3O. The quantitative estimate of drug-likeness (QED) is 0.788. The molecule has 0 aliphatic carbocycles. The number of hydrogen-bond donors (Lipinski definition) is 1. The molecule has 0 radical (unpaired) electrons. The molecule has 0 bridgehead atoms. The summed E-state index contributed by atoms with van der Waals surface area (Å²) in [6, 6.07) is 15.3. The average molecular weight is 408 g/mol. The third-order valence-electron chi connectivity index (χ3n) is 4.90. The van der Waals surface area contributed by atoms with Crippen molar-refractivity contribution in [2.24, 2.45) is 0 Å². The van der Waals surface area contributed by atoms with Crippen LogP contribution in [-0.4, -0.2) is 55.5 Å². The predicted molar refractivity (Wildman–Crippen MR) is 114 cm³/mol. The Morgan fingerprint density at radius 3 is 2.41 bits per heavy atom. The van der Waals surface area contributed by atoms with E-state index in [1.807, 2.05) is 54.4 Å². The molecule has 0 saturated carbocycles. The molecule has 146 valence electrons. The SMILES string of the molecule is CN(CCc1cc(Cl)cc(Cl)c1)C(=O)C(c1ccccc1)N1CCNCC1.[HH]. The number of halogens is 2. The van der Waals surface area contributed by atoms with Crippen LogP contribution in [0.1, 0.15) is 18.6 Å². The highest BCUT2D eigenvalue weighted by atomic mass is 35.5. The molecule has 1 fully saturated rings. The van der Waals surface area contributed by atoms with Gasteiger partial charge in [-0.1, -0.05) is 53.5 Å². The maximum atomic E-state index is 13.3. The second kappa shape index (κ2) is 9.56. The third kappa shape index (κ3) is 5.45. The summed E-state index contributed by atoms with van der Waals surface area (Å²) in [5.74, 6) is 0.122. The summed E-state index contributed by atoms with van der Waals surface area (Å²) in [5.41, 5.74) is 2.08. The zero-order valence-electron chi connectivity index (χ0n) is 15.5. The molecule has 1 aliphatic rings. The molecule has 1 amide bonds.